The van der Waals surface area contributed by atoms with Crippen LogP contribution in [0.4, 0.5) is 4.79 Å². The lowest BCUT2D eigenvalue weighted by Gasteiger charge is -2.22. The monoisotopic (exact) mass is 247 g/mol. The first-order chi connectivity index (χ1) is 7.42. The van der Waals surface area contributed by atoms with Crippen LogP contribution in [0.2, 0.25) is 0 Å². The molecule has 1 amide bonds. The average molecular weight is 248 g/mol. The highest BCUT2D eigenvalue weighted by Crippen LogP contribution is 2.31. The number of hydrogen-bond acceptors (Lipinski definition) is 2. The van der Waals surface area contributed by atoms with Gasteiger partial charge < -0.3 is 10.1 Å². The zero-order valence-electron chi connectivity index (χ0n) is 10.4. The van der Waals surface area contributed by atoms with Gasteiger partial charge in [0.05, 0.1) is 0 Å². The molecule has 1 N–H and O–H groups in total. The summed E-state index contributed by atoms with van der Waals surface area (Å²) in [6.07, 6.45) is 3.24. The molecule has 0 aromatic rings. The second kappa shape index (κ2) is 5.76. The third-order valence-electron chi connectivity index (χ3n) is 2.92. The largest absolute Gasteiger partial charge is 0.444 e. The lowest BCUT2D eigenvalue weighted by Crippen LogP contribution is -2.36. The van der Waals surface area contributed by atoms with Crippen molar-refractivity contribution in [1.82, 2.24) is 5.32 Å². The van der Waals surface area contributed by atoms with Gasteiger partial charge in [-0.3, -0.25) is 0 Å². The Hall–Kier alpha value is -0.440. The molecule has 1 aliphatic rings. The molecule has 0 aromatic carbocycles. The highest BCUT2D eigenvalue weighted by atomic mass is 35.5. The molecule has 0 heterocycles. The third kappa shape index (κ3) is 4.60. The van der Waals surface area contributed by atoms with Crippen LogP contribution in [0.15, 0.2) is 0 Å². The van der Waals surface area contributed by atoms with Crippen LogP contribution in [-0.4, -0.2) is 24.1 Å². The van der Waals surface area contributed by atoms with E-state index in [0.29, 0.717) is 24.3 Å². The Morgan fingerprint density at radius 3 is 2.56 bits per heavy atom. The fraction of sp³-hybridized carbons (Fsp3) is 0.917. The Kier molecular flexibility index (Phi) is 4.90. The number of amides is 1. The number of nitrogens with one attached hydrogen (secondary N) is 1. The van der Waals surface area contributed by atoms with Crippen molar-refractivity contribution in [3.05, 3.63) is 0 Å². The molecule has 2 atom stereocenters. The molecule has 1 aliphatic carbocycles. The normalized spacial score (nSPS) is 25.5. The zero-order valence-corrected chi connectivity index (χ0v) is 11.1. The minimum Gasteiger partial charge on any atom is -0.444 e. The smallest absolute Gasteiger partial charge is 0.407 e. The van der Waals surface area contributed by atoms with Crippen LogP contribution in [0.3, 0.4) is 0 Å². The molecule has 0 bridgehead atoms. The van der Waals surface area contributed by atoms with Gasteiger partial charge in [0.1, 0.15) is 5.60 Å². The molecular formula is C12H22ClNO2. The van der Waals surface area contributed by atoms with Crippen LogP contribution in [-0.2, 0) is 4.74 Å². The van der Waals surface area contributed by atoms with Gasteiger partial charge in [-0.2, -0.15) is 0 Å². The molecule has 1 fully saturated rings. The van der Waals surface area contributed by atoms with E-state index in [2.05, 4.69) is 5.32 Å². The summed E-state index contributed by atoms with van der Waals surface area (Å²) in [6.45, 7) is 6.28. The first kappa shape index (κ1) is 13.6. The molecule has 0 saturated heterocycles. The predicted molar refractivity (Wildman–Crippen MR) is 65.8 cm³/mol. The van der Waals surface area contributed by atoms with Crippen molar-refractivity contribution in [3.63, 3.8) is 0 Å². The number of hydrogen-bond donors (Lipinski definition) is 1. The summed E-state index contributed by atoms with van der Waals surface area (Å²) in [5.74, 6) is 1.77. The number of alkyl halides is 1. The van der Waals surface area contributed by atoms with Gasteiger partial charge >= 0.3 is 6.09 Å². The van der Waals surface area contributed by atoms with Gasteiger partial charge in [0, 0.05) is 12.4 Å². The van der Waals surface area contributed by atoms with Gasteiger partial charge in [0.25, 0.3) is 0 Å². The van der Waals surface area contributed by atoms with Crippen LogP contribution in [0.1, 0.15) is 40.0 Å². The van der Waals surface area contributed by atoms with E-state index in [1.807, 2.05) is 20.8 Å². The molecule has 0 aliphatic heterocycles. The SMILES string of the molecule is CC(C)(C)OC(=O)NCC1CCCC1CCl. The van der Waals surface area contributed by atoms with E-state index in [4.69, 9.17) is 16.3 Å². The standard InChI is InChI=1S/C12H22ClNO2/c1-12(2,3)16-11(15)14-8-10-6-4-5-9(10)7-13/h9-10H,4-8H2,1-3H3,(H,14,15). The highest BCUT2D eigenvalue weighted by molar-refractivity contribution is 6.18. The molecule has 16 heavy (non-hydrogen) atoms. The molecule has 0 spiro atoms. The summed E-state index contributed by atoms with van der Waals surface area (Å²) in [4.78, 5) is 11.4. The van der Waals surface area contributed by atoms with E-state index in [1.54, 1.807) is 0 Å². The van der Waals surface area contributed by atoms with Crippen LogP contribution < -0.4 is 5.32 Å². The second-order valence-corrected chi connectivity index (χ2v) is 5.80. The number of alkyl carbamates (subject to hydrolysis) is 1. The van der Waals surface area contributed by atoms with E-state index >= 15 is 0 Å². The number of carbonyl (C=O) groups excluding carboxylic acids is 1. The Morgan fingerprint density at radius 1 is 1.38 bits per heavy atom. The maximum absolute atomic E-state index is 11.4. The minimum absolute atomic E-state index is 0.326. The van der Waals surface area contributed by atoms with Gasteiger partial charge in [0.15, 0.2) is 0 Å². The molecule has 3 nitrogen and oxygen atoms in total. The van der Waals surface area contributed by atoms with Crippen molar-refractivity contribution in [2.75, 3.05) is 12.4 Å². The van der Waals surface area contributed by atoms with Crippen molar-refractivity contribution in [2.45, 2.75) is 45.6 Å². The molecule has 0 radical (unpaired) electrons. The Bertz CT molecular complexity index is 238. The summed E-state index contributed by atoms with van der Waals surface area (Å²) >= 11 is 5.88. The number of halogens is 1. The van der Waals surface area contributed by atoms with Gasteiger partial charge in [-0.1, -0.05) is 6.42 Å². The van der Waals surface area contributed by atoms with Crippen molar-refractivity contribution in [3.8, 4) is 0 Å². The van der Waals surface area contributed by atoms with E-state index < -0.39 is 5.60 Å². The number of rotatable bonds is 3. The number of carbonyl (C=O) groups is 1. The maximum Gasteiger partial charge on any atom is 0.407 e. The molecule has 94 valence electrons. The Morgan fingerprint density at radius 2 is 2.00 bits per heavy atom. The summed E-state index contributed by atoms with van der Waals surface area (Å²) in [7, 11) is 0. The Balaban J connectivity index is 2.26. The minimum atomic E-state index is -0.425. The quantitative estimate of drug-likeness (QED) is 0.778. The number of ether oxygens (including phenoxy) is 1. The predicted octanol–water partition coefficient (Wildman–Crippen LogP) is 3.17. The molecular weight excluding hydrogens is 226 g/mol. The first-order valence-electron chi connectivity index (χ1n) is 5.95. The molecule has 4 heteroatoms. The summed E-state index contributed by atoms with van der Waals surface area (Å²) in [5.41, 5.74) is -0.425. The molecule has 1 rings (SSSR count). The fourth-order valence-electron chi connectivity index (χ4n) is 2.11. The lowest BCUT2D eigenvalue weighted by molar-refractivity contribution is 0.0516. The van der Waals surface area contributed by atoms with Crippen LogP contribution in [0.5, 0.6) is 0 Å². The highest BCUT2D eigenvalue weighted by Gasteiger charge is 2.27. The first-order valence-corrected chi connectivity index (χ1v) is 6.48. The van der Waals surface area contributed by atoms with Crippen molar-refractivity contribution in [2.24, 2.45) is 11.8 Å². The van der Waals surface area contributed by atoms with Gasteiger partial charge in [-0.05, 0) is 45.4 Å². The molecule has 1 saturated carbocycles. The average Bonchev–Trinajstić information content (AvgIpc) is 2.59. The van der Waals surface area contributed by atoms with Crippen molar-refractivity contribution in [1.29, 1.82) is 0 Å². The summed E-state index contributed by atoms with van der Waals surface area (Å²) < 4.78 is 5.18. The van der Waals surface area contributed by atoms with Crippen LogP contribution in [0.25, 0.3) is 0 Å². The van der Waals surface area contributed by atoms with E-state index in [0.717, 1.165) is 6.42 Å². The summed E-state index contributed by atoms with van der Waals surface area (Å²) in [6, 6.07) is 0. The van der Waals surface area contributed by atoms with Gasteiger partial charge in [-0.25, -0.2) is 4.79 Å². The molecule has 0 aromatic heterocycles. The Labute approximate surface area is 103 Å². The van der Waals surface area contributed by atoms with Crippen LogP contribution in [0, 0.1) is 11.8 Å². The second-order valence-electron chi connectivity index (χ2n) is 5.49. The lowest BCUT2D eigenvalue weighted by atomic mass is 9.98. The van der Waals surface area contributed by atoms with E-state index in [-0.39, 0.29) is 6.09 Å². The fourth-order valence-corrected chi connectivity index (χ4v) is 2.52. The summed E-state index contributed by atoms with van der Waals surface area (Å²) in [5, 5.41) is 2.83. The third-order valence-corrected chi connectivity index (χ3v) is 3.32. The van der Waals surface area contributed by atoms with Crippen molar-refractivity contribution < 1.29 is 9.53 Å². The zero-order chi connectivity index (χ0) is 12.2. The van der Waals surface area contributed by atoms with Crippen molar-refractivity contribution >= 4 is 17.7 Å². The van der Waals surface area contributed by atoms with E-state index in [1.165, 1.54) is 12.8 Å². The topological polar surface area (TPSA) is 38.3 Å². The van der Waals surface area contributed by atoms with Gasteiger partial charge in [-0.15, -0.1) is 11.6 Å². The molecule has 2 unspecified atom stereocenters. The van der Waals surface area contributed by atoms with Crippen LogP contribution >= 0.6 is 11.6 Å². The van der Waals surface area contributed by atoms with Gasteiger partial charge in [0.2, 0.25) is 0 Å². The van der Waals surface area contributed by atoms with E-state index in [9.17, 15) is 4.79 Å². The maximum atomic E-state index is 11.4.